The number of aromatic nitrogens is 3. The maximum absolute atomic E-state index is 12.9. The largest absolute Gasteiger partial charge is 0.435 e. The quantitative estimate of drug-likeness (QED) is 0.663. The van der Waals surface area contributed by atoms with Crippen LogP contribution in [0.4, 0.5) is 14.5 Å². The van der Waals surface area contributed by atoms with Crippen molar-refractivity contribution in [3.63, 3.8) is 0 Å². The summed E-state index contributed by atoms with van der Waals surface area (Å²) in [6.07, 6.45) is 0. The number of halogens is 2. The van der Waals surface area contributed by atoms with Gasteiger partial charge in [-0.3, -0.25) is 4.79 Å². The lowest BCUT2D eigenvalue weighted by Crippen LogP contribution is -2.28. The van der Waals surface area contributed by atoms with E-state index in [0.717, 1.165) is 16.8 Å². The molecule has 6 nitrogen and oxygen atoms in total. The van der Waals surface area contributed by atoms with Gasteiger partial charge in [0.05, 0.1) is 11.4 Å². The Morgan fingerprint density at radius 1 is 1.11 bits per heavy atom. The molecule has 3 aromatic rings. The highest BCUT2D eigenvalue weighted by molar-refractivity contribution is 6.05. The third-order valence-electron chi connectivity index (χ3n) is 4.42. The molecule has 0 saturated heterocycles. The van der Waals surface area contributed by atoms with E-state index in [1.54, 1.807) is 26.1 Å². The fraction of sp³-hybridized carbons (Fsp3) is 0.250. The molecule has 0 atom stereocenters. The Labute approximate surface area is 161 Å². The predicted octanol–water partition coefficient (Wildman–Crippen LogP) is 4.07. The van der Waals surface area contributed by atoms with Crippen molar-refractivity contribution in [2.75, 3.05) is 11.9 Å². The molecule has 146 valence electrons. The van der Waals surface area contributed by atoms with Gasteiger partial charge < -0.3 is 9.64 Å². The van der Waals surface area contributed by atoms with Crippen LogP contribution < -0.4 is 9.64 Å². The molecule has 0 unspecified atom stereocenters. The smallest absolute Gasteiger partial charge is 0.387 e. The zero-order chi connectivity index (χ0) is 20.4. The van der Waals surface area contributed by atoms with E-state index in [4.69, 9.17) is 0 Å². The topological polar surface area (TPSA) is 60.2 Å². The molecule has 0 bridgehead atoms. The third-order valence-corrected chi connectivity index (χ3v) is 4.42. The average molecular weight is 386 g/mol. The van der Waals surface area contributed by atoms with Crippen molar-refractivity contribution >= 4 is 11.6 Å². The minimum atomic E-state index is -2.89. The lowest BCUT2D eigenvalue weighted by molar-refractivity contribution is -0.0498. The van der Waals surface area contributed by atoms with E-state index < -0.39 is 6.61 Å². The van der Waals surface area contributed by atoms with Gasteiger partial charge in [-0.2, -0.15) is 8.78 Å². The molecule has 8 heteroatoms. The minimum absolute atomic E-state index is 0.0439. The molecular weight excluding hydrogens is 366 g/mol. The summed E-state index contributed by atoms with van der Waals surface area (Å²) in [5.74, 6) is -0.240. The van der Waals surface area contributed by atoms with Crippen LogP contribution in [-0.4, -0.2) is 34.6 Å². The number of carbonyl (C=O) groups excluding carboxylic acids is 1. The van der Waals surface area contributed by atoms with E-state index in [1.807, 2.05) is 32.0 Å². The van der Waals surface area contributed by atoms with E-state index in [2.05, 4.69) is 15.0 Å². The second kappa shape index (κ2) is 7.75. The van der Waals surface area contributed by atoms with Crippen LogP contribution in [0.5, 0.6) is 5.75 Å². The number of ether oxygens (including phenoxy) is 1. The van der Waals surface area contributed by atoms with E-state index >= 15 is 0 Å². The van der Waals surface area contributed by atoms with Gasteiger partial charge in [-0.1, -0.05) is 22.9 Å². The highest BCUT2D eigenvalue weighted by atomic mass is 19.3. The molecule has 3 rings (SSSR count). The van der Waals surface area contributed by atoms with Crippen molar-refractivity contribution in [3.05, 3.63) is 65.0 Å². The molecule has 0 aliphatic rings. The third kappa shape index (κ3) is 3.85. The number of anilines is 1. The van der Waals surface area contributed by atoms with Gasteiger partial charge in [0.2, 0.25) is 0 Å². The Hall–Kier alpha value is -3.29. The predicted molar refractivity (Wildman–Crippen MR) is 101 cm³/mol. The van der Waals surface area contributed by atoms with Gasteiger partial charge in [0.1, 0.15) is 5.75 Å². The number of alkyl halides is 2. The summed E-state index contributed by atoms with van der Waals surface area (Å²) in [4.78, 5) is 14.5. The molecule has 1 heterocycles. The summed E-state index contributed by atoms with van der Waals surface area (Å²) in [6.45, 7) is 2.78. The molecule has 0 fully saturated rings. The van der Waals surface area contributed by atoms with Gasteiger partial charge in [0.25, 0.3) is 5.91 Å². The molecule has 28 heavy (non-hydrogen) atoms. The number of aryl methyl sites for hydroxylation is 2. The first-order valence-corrected chi connectivity index (χ1v) is 8.61. The van der Waals surface area contributed by atoms with Gasteiger partial charge in [-0.05, 0) is 56.7 Å². The van der Waals surface area contributed by atoms with Crippen molar-refractivity contribution in [2.24, 2.45) is 0 Å². The van der Waals surface area contributed by atoms with Gasteiger partial charge in [0.15, 0.2) is 5.69 Å². The number of hydrogen-bond donors (Lipinski definition) is 0. The summed E-state index contributed by atoms with van der Waals surface area (Å²) in [7, 11) is 1.69. The zero-order valence-corrected chi connectivity index (χ0v) is 16.0. The Kier molecular flexibility index (Phi) is 5.39. The summed E-state index contributed by atoms with van der Waals surface area (Å²) in [6, 6.07) is 11.8. The summed E-state index contributed by atoms with van der Waals surface area (Å²) in [5.41, 5.74) is 4.23. The van der Waals surface area contributed by atoms with Crippen LogP contribution in [-0.2, 0) is 0 Å². The number of amides is 1. The van der Waals surface area contributed by atoms with Crippen LogP contribution in [0, 0.1) is 20.8 Å². The van der Waals surface area contributed by atoms with Crippen LogP contribution >= 0.6 is 0 Å². The summed E-state index contributed by atoms with van der Waals surface area (Å²) >= 11 is 0. The lowest BCUT2D eigenvalue weighted by Gasteiger charge is -2.19. The maximum atomic E-state index is 12.9. The molecule has 1 amide bonds. The number of rotatable bonds is 5. The van der Waals surface area contributed by atoms with Crippen molar-refractivity contribution < 1.29 is 18.3 Å². The first-order chi connectivity index (χ1) is 13.3. The molecule has 0 radical (unpaired) electrons. The highest BCUT2D eigenvalue weighted by Gasteiger charge is 2.22. The van der Waals surface area contributed by atoms with Crippen LogP contribution in [0.2, 0.25) is 0 Å². The number of nitrogens with zero attached hydrogens (tertiary/aromatic N) is 4. The molecule has 0 aliphatic heterocycles. The Balaban J connectivity index is 1.86. The second-order valence-electron chi connectivity index (χ2n) is 6.46. The highest BCUT2D eigenvalue weighted by Crippen LogP contribution is 2.23. The summed E-state index contributed by atoms with van der Waals surface area (Å²) < 4.78 is 30.4. The van der Waals surface area contributed by atoms with Crippen LogP contribution in [0.15, 0.2) is 42.5 Å². The normalized spacial score (nSPS) is 11.0. The molecule has 1 aromatic heterocycles. The van der Waals surface area contributed by atoms with Gasteiger partial charge >= 0.3 is 6.61 Å². The van der Waals surface area contributed by atoms with Crippen LogP contribution in [0.3, 0.4) is 0 Å². The molecule has 0 saturated carbocycles. The second-order valence-corrected chi connectivity index (χ2v) is 6.46. The Morgan fingerprint density at radius 2 is 1.79 bits per heavy atom. The number of hydrogen-bond acceptors (Lipinski definition) is 4. The molecule has 0 N–H and O–H groups in total. The molecule has 0 aliphatic carbocycles. The summed E-state index contributed by atoms with van der Waals surface area (Å²) in [5, 5.41) is 8.07. The van der Waals surface area contributed by atoms with E-state index in [1.165, 1.54) is 21.7 Å². The first-order valence-electron chi connectivity index (χ1n) is 8.61. The van der Waals surface area contributed by atoms with Gasteiger partial charge in [0, 0.05) is 12.7 Å². The van der Waals surface area contributed by atoms with E-state index in [-0.39, 0.29) is 17.4 Å². The van der Waals surface area contributed by atoms with Crippen molar-refractivity contribution in [3.8, 4) is 11.4 Å². The molecule has 0 spiro atoms. The van der Waals surface area contributed by atoms with Crippen molar-refractivity contribution in [1.29, 1.82) is 0 Å². The zero-order valence-electron chi connectivity index (χ0n) is 16.0. The monoisotopic (exact) mass is 386 g/mol. The van der Waals surface area contributed by atoms with Crippen LogP contribution in [0.25, 0.3) is 5.69 Å². The maximum Gasteiger partial charge on any atom is 0.387 e. The van der Waals surface area contributed by atoms with Crippen LogP contribution in [0.1, 0.15) is 27.3 Å². The molecule has 2 aromatic carbocycles. The fourth-order valence-electron chi connectivity index (χ4n) is 2.99. The SMILES string of the molecule is Cc1ccc(N(C)C(=O)c2nnn(-c3ccc(OC(F)F)cc3)c2C)c(C)c1. The van der Waals surface area contributed by atoms with E-state index in [9.17, 15) is 13.6 Å². The van der Waals surface area contributed by atoms with Gasteiger partial charge in [-0.25, -0.2) is 4.68 Å². The van der Waals surface area contributed by atoms with E-state index in [0.29, 0.717) is 11.4 Å². The Morgan fingerprint density at radius 3 is 2.39 bits per heavy atom. The van der Waals surface area contributed by atoms with Crippen molar-refractivity contribution in [1.82, 2.24) is 15.0 Å². The standard InChI is InChI=1S/C20H20F2N4O2/c1-12-5-10-17(13(2)11-12)25(4)19(27)18-14(3)26(24-23-18)15-6-8-16(9-7-15)28-20(21)22/h5-11,20H,1-4H3. The van der Waals surface area contributed by atoms with Crippen molar-refractivity contribution in [2.45, 2.75) is 27.4 Å². The Bertz CT molecular complexity index is 1000. The fourth-order valence-corrected chi connectivity index (χ4v) is 2.99. The average Bonchev–Trinajstić information content (AvgIpc) is 3.02. The molecular formula is C20H20F2N4O2. The number of carbonyl (C=O) groups is 1. The minimum Gasteiger partial charge on any atom is -0.435 e. The number of benzene rings is 2. The van der Waals surface area contributed by atoms with Gasteiger partial charge in [-0.15, -0.1) is 5.10 Å². The lowest BCUT2D eigenvalue weighted by atomic mass is 10.1. The first kappa shape index (κ1) is 19.5.